The van der Waals surface area contributed by atoms with Gasteiger partial charge in [0.2, 0.25) is 0 Å². The molecule has 0 atom stereocenters. The number of aromatic nitrogens is 3. The third-order valence-electron chi connectivity index (χ3n) is 4.01. The number of hydrogen-bond acceptors (Lipinski definition) is 5. The topological polar surface area (TPSA) is 89.3 Å². The van der Waals surface area contributed by atoms with Crippen molar-refractivity contribution in [2.75, 3.05) is 5.32 Å². The van der Waals surface area contributed by atoms with Crippen LogP contribution in [0.15, 0.2) is 36.8 Å². The van der Waals surface area contributed by atoms with Gasteiger partial charge in [-0.05, 0) is 52.3 Å². The molecule has 2 heterocycles. The molecule has 3 rings (SSSR count). The van der Waals surface area contributed by atoms with Gasteiger partial charge in [-0.1, -0.05) is 23.7 Å². The van der Waals surface area contributed by atoms with Gasteiger partial charge in [0.25, 0.3) is 0 Å². The average molecular weight is 417 g/mol. The van der Waals surface area contributed by atoms with Gasteiger partial charge < -0.3 is 14.4 Å². The van der Waals surface area contributed by atoms with Crippen molar-refractivity contribution in [1.29, 1.82) is 0 Å². The first-order valence-electron chi connectivity index (χ1n) is 9.25. The highest BCUT2D eigenvalue weighted by Gasteiger charge is 2.20. The first kappa shape index (κ1) is 21.1. The van der Waals surface area contributed by atoms with Crippen molar-refractivity contribution in [3.05, 3.63) is 41.9 Å². The van der Waals surface area contributed by atoms with Crippen molar-refractivity contribution >= 4 is 34.4 Å². The predicted octanol–water partition coefficient (Wildman–Crippen LogP) is 4.87. The molecule has 29 heavy (non-hydrogen) atoms. The fourth-order valence-corrected chi connectivity index (χ4v) is 3.23. The molecule has 2 aromatic heterocycles. The van der Waals surface area contributed by atoms with E-state index in [9.17, 15) is 9.90 Å². The number of halogens is 1. The van der Waals surface area contributed by atoms with Crippen LogP contribution in [0.5, 0.6) is 0 Å². The average Bonchev–Trinajstić information content (AvgIpc) is 2.92. The van der Waals surface area contributed by atoms with Crippen LogP contribution in [0.4, 0.5) is 10.5 Å². The van der Waals surface area contributed by atoms with Crippen molar-refractivity contribution in [3.8, 4) is 11.1 Å². The molecule has 0 fully saturated rings. The maximum absolute atomic E-state index is 11.9. The minimum Gasteiger partial charge on any atom is -0.444 e. The summed E-state index contributed by atoms with van der Waals surface area (Å²) in [5, 5.41) is 14.0. The quantitative estimate of drug-likeness (QED) is 0.592. The maximum Gasteiger partial charge on any atom is 0.412 e. The molecule has 7 nitrogen and oxygen atoms in total. The third kappa shape index (κ3) is 5.25. The first-order valence-corrected chi connectivity index (χ1v) is 9.63. The molecule has 0 unspecified atom stereocenters. The van der Waals surface area contributed by atoms with Gasteiger partial charge in [0, 0.05) is 17.4 Å². The summed E-state index contributed by atoms with van der Waals surface area (Å²) >= 11 is 6.36. The van der Waals surface area contributed by atoms with Crippen LogP contribution in [0.3, 0.4) is 0 Å². The van der Waals surface area contributed by atoms with E-state index in [1.54, 1.807) is 26.0 Å². The number of fused-ring (bicyclic) bond motifs is 1. The van der Waals surface area contributed by atoms with E-state index in [1.807, 2.05) is 43.7 Å². The zero-order valence-corrected chi connectivity index (χ0v) is 17.9. The summed E-state index contributed by atoms with van der Waals surface area (Å²) in [5.41, 5.74) is 1.52. The van der Waals surface area contributed by atoms with E-state index < -0.39 is 17.3 Å². The second-order valence-electron chi connectivity index (χ2n) is 8.55. The van der Waals surface area contributed by atoms with Gasteiger partial charge in [0.1, 0.15) is 22.7 Å². The van der Waals surface area contributed by atoms with Crippen molar-refractivity contribution < 1.29 is 14.6 Å². The summed E-state index contributed by atoms with van der Waals surface area (Å²) in [7, 11) is 0. The SMILES string of the molecule is CC(C)(O)Cn1cc(-c2ccc(NC(=O)OC(C)(C)C)cc2)c2c(Cl)ncnc21. The Morgan fingerprint density at radius 1 is 1.17 bits per heavy atom. The monoisotopic (exact) mass is 416 g/mol. The largest absolute Gasteiger partial charge is 0.444 e. The summed E-state index contributed by atoms with van der Waals surface area (Å²) in [6.07, 6.45) is 2.80. The Morgan fingerprint density at radius 3 is 2.41 bits per heavy atom. The normalized spacial score (nSPS) is 12.2. The maximum atomic E-state index is 11.9. The molecular formula is C21H25ClN4O3. The van der Waals surface area contributed by atoms with E-state index >= 15 is 0 Å². The van der Waals surface area contributed by atoms with E-state index in [1.165, 1.54) is 6.33 Å². The molecule has 0 saturated carbocycles. The predicted molar refractivity (Wildman–Crippen MR) is 114 cm³/mol. The van der Waals surface area contributed by atoms with Crippen LogP contribution in [0, 0.1) is 0 Å². The van der Waals surface area contributed by atoms with Crippen LogP contribution in [0.2, 0.25) is 5.15 Å². The number of rotatable bonds is 4. The Bertz CT molecular complexity index is 1030. The lowest BCUT2D eigenvalue weighted by Crippen LogP contribution is -2.27. The minimum atomic E-state index is -0.915. The molecule has 1 amide bonds. The Labute approximate surface area is 174 Å². The van der Waals surface area contributed by atoms with Gasteiger partial charge in [0.15, 0.2) is 0 Å². The van der Waals surface area contributed by atoms with Gasteiger partial charge in [0.05, 0.1) is 17.5 Å². The Hall–Kier alpha value is -2.64. The number of anilines is 1. The molecule has 0 spiro atoms. The van der Waals surface area contributed by atoms with Crippen LogP contribution in [-0.4, -0.2) is 36.9 Å². The van der Waals surface area contributed by atoms with Crippen LogP contribution in [0.25, 0.3) is 22.2 Å². The van der Waals surface area contributed by atoms with Gasteiger partial charge >= 0.3 is 6.09 Å². The molecular weight excluding hydrogens is 392 g/mol. The Kier molecular flexibility index (Phi) is 5.56. The number of nitrogens with zero attached hydrogens (tertiary/aromatic N) is 3. The molecule has 0 aliphatic heterocycles. The lowest BCUT2D eigenvalue weighted by molar-refractivity contribution is 0.0622. The van der Waals surface area contributed by atoms with Crippen molar-refractivity contribution in [2.45, 2.75) is 52.4 Å². The molecule has 3 aromatic rings. The molecule has 154 valence electrons. The van der Waals surface area contributed by atoms with Gasteiger partial charge in [-0.25, -0.2) is 14.8 Å². The van der Waals surface area contributed by atoms with E-state index in [4.69, 9.17) is 16.3 Å². The number of carbonyl (C=O) groups is 1. The number of carbonyl (C=O) groups excluding carboxylic acids is 1. The van der Waals surface area contributed by atoms with Gasteiger partial charge in [-0.2, -0.15) is 0 Å². The molecule has 0 aliphatic carbocycles. The van der Waals surface area contributed by atoms with E-state index in [0.29, 0.717) is 28.4 Å². The first-order chi connectivity index (χ1) is 13.4. The highest BCUT2D eigenvalue weighted by molar-refractivity contribution is 6.35. The van der Waals surface area contributed by atoms with E-state index in [0.717, 1.165) is 11.1 Å². The second kappa shape index (κ2) is 7.65. The number of benzene rings is 1. The molecule has 0 aliphatic rings. The summed E-state index contributed by atoms with van der Waals surface area (Å²) in [4.78, 5) is 20.4. The lowest BCUT2D eigenvalue weighted by atomic mass is 10.1. The fourth-order valence-electron chi connectivity index (χ4n) is 3.00. The van der Waals surface area contributed by atoms with Crippen LogP contribution >= 0.6 is 11.6 Å². The molecule has 0 radical (unpaired) electrons. The van der Waals surface area contributed by atoms with Crippen LogP contribution < -0.4 is 5.32 Å². The Morgan fingerprint density at radius 2 is 1.83 bits per heavy atom. The lowest BCUT2D eigenvalue weighted by Gasteiger charge is -2.19. The van der Waals surface area contributed by atoms with Crippen molar-refractivity contribution in [2.24, 2.45) is 0 Å². The number of aliphatic hydroxyl groups is 1. The summed E-state index contributed by atoms with van der Waals surface area (Å²) < 4.78 is 7.13. The smallest absolute Gasteiger partial charge is 0.412 e. The summed E-state index contributed by atoms with van der Waals surface area (Å²) in [6, 6.07) is 7.32. The number of ether oxygens (including phenoxy) is 1. The third-order valence-corrected chi connectivity index (χ3v) is 4.29. The highest BCUT2D eigenvalue weighted by Crippen LogP contribution is 2.34. The van der Waals surface area contributed by atoms with Crippen molar-refractivity contribution in [1.82, 2.24) is 14.5 Å². The van der Waals surface area contributed by atoms with E-state index in [2.05, 4.69) is 15.3 Å². The number of amides is 1. The van der Waals surface area contributed by atoms with Gasteiger partial charge in [-0.3, -0.25) is 5.32 Å². The van der Waals surface area contributed by atoms with Crippen LogP contribution in [0.1, 0.15) is 34.6 Å². The molecule has 2 N–H and O–H groups in total. The highest BCUT2D eigenvalue weighted by atomic mass is 35.5. The molecule has 0 bridgehead atoms. The molecule has 1 aromatic carbocycles. The van der Waals surface area contributed by atoms with E-state index in [-0.39, 0.29) is 0 Å². The standard InChI is InChI=1S/C21H25ClN4O3/c1-20(2,3)29-19(27)25-14-8-6-13(7-9-14)15-10-26(11-21(4,5)28)18-16(15)17(22)23-12-24-18/h6-10,12,28H,11H2,1-5H3,(H,25,27). The fraction of sp³-hybridized carbons (Fsp3) is 0.381. The number of hydrogen-bond donors (Lipinski definition) is 2. The minimum absolute atomic E-state index is 0.343. The molecule has 0 saturated heterocycles. The summed E-state index contributed by atoms with van der Waals surface area (Å²) in [6.45, 7) is 9.26. The molecule has 8 heteroatoms. The summed E-state index contributed by atoms with van der Waals surface area (Å²) in [5.74, 6) is 0. The Balaban J connectivity index is 1.94. The zero-order chi connectivity index (χ0) is 21.4. The van der Waals surface area contributed by atoms with Crippen LogP contribution in [-0.2, 0) is 11.3 Å². The van der Waals surface area contributed by atoms with Gasteiger partial charge in [-0.15, -0.1) is 0 Å². The van der Waals surface area contributed by atoms with Crippen molar-refractivity contribution in [3.63, 3.8) is 0 Å². The second-order valence-corrected chi connectivity index (χ2v) is 8.91. The zero-order valence-electron chi connectivity index (χ0n) is 17.2. The number of nitrogens with one attached hydrogen (secondary N) is 1.